The lowest BCUT2D eigenvalue weighted by Gasteiger charge is -1.98. The van der Waals surface area contributed by atoms with Crippen molar-refractivity contribution in [1.29, 1.82) is 0 Å². The van der Waals surface area contributed by atoms with E-state index in [1.807, 2.05) is 5.32 Å². The molecule has 0 aromatic heterocycles. The van der Waals surface area contributed by atoms with Crippen LogP contribution in [0.2, 0.25) is 0 Å². The molecule has 11 heavy (non-hydrogen) atoms. The molecule has 0 heterocycles. The van der Waals surface area contributed by atoms with Crippen molar-refractivity contribution in [3.63, 3.8) is 0 Å². The van der Waals surface area contributed by atoms with Crippen molar-refractivity contribution in [2.24, 2.45) is 0 Å². The van der Waals surface area contributed by atoms with E-state index in [-0.39, 0.29) is 5.56 Å². The Kier molecular flexibility index (Phi) is 1.22. The maximum Gasteiger partial charge on any atom is 0.251 e. The van der Waals surface area contributed by atoms with Crippen molar-refractivity contribution in [1.82, 2.24) is 5.32 Å². The van der Waals surface area contributed by atoms with Crippen LogP contribution in [0.3, 0.4) is 0 Å². The van der Waals surface area contributed by atoms with Crippen LogP contribution in [0.5, 0.6) is 0 Å². The van der Waals surface area contributed by atoms with Crippen LogP contribution < -0.4 is 11.1 Å². The van der Waals surface area contributed by atoms with E-state index in [1.54, 1.807) is 0 Å². The maximum absolute atomic E-state index is 11.3. The molecular formula is C8H10N2O. The van der Waals surface area contributed by atoms with E-state index in [9.17, 15) is 4.79 Å². The van der Waals surface area contributed by atoms with Gasteiger partial charge in [-0.05, 0) is 24.3 Å². The highest BCUT2D eigenvalue weighted by Gasteiger charge is 1.99. The fourth-order valence-electron chi connectivity index (χ4n) is 0.707. The molecule has 1 aromatic carbocycles. The minimum Gasteiger partial charge on any atom is -0.399 e. The highest BCUT2D eigenvalue weighted by Crippen LogP contribution is 2.04. The Bertz CT molecular complexity index is 331. The van der Waals surface area contributed by atoms with Crippen molar-refractivity contribution in [2.45, 2.75) is 0 Å². The summed E-state index contributed by atoms with van der Waals surface area (Å²) >= 11 is 0. The van der Waals surface area contributed by atoms with Gasteiger partial charge in [0.25, 0.3) is 5.91 Å². The van der Waals surface area contributed by atoms with Crippen molar-refractivity contribution in [3.8, 4) is 0 Å². The Hall–Kier alpha value is -1.51. The summed E-state index contributed by atoms with van der Waals surface area (Å²) in [7, 11) is 0. The molecule has 0 unspecified atom stereocenters. The predicted molar refractivity (Wildman–Crippen MR) is 44.2 cm³/mol. The molecule has 0 aliphatic heterocycles. The molecule has 0 atom stereocenters. The molecule has 3 heteroatoms. The van der Waals surface area contributed by atoms with E-state index in [2.05, 4.69) is 0 Å². The fourth-order valence-corrected chi connectivity index (χ4v) is 0.707. The zero-order chi connectivity index (χ0) is 10.8. The van der Waals surface area contributed by atoms with E-state index in [4.69, 9.17) is 9.85 Å². The van der Waals surface area contributed by atoms with Gasteiger partial charge >= 0.3 is 0 Å². The molecule has 0 bridgehead atoms. The highest BCUT2D eigenvalue weighted by molar-refractivity contribution is 5.94. The number of amides is 1. The van der Waals surface area contributed by atoms with E-state index >= 15 is 0 Å². The van der Waals surface area contributed by atoms with Crippen LogP contribution in [-0.4, -0.2) is 12.9 Å². The first-order valence-corrected chi connectivity index (χ1v) is 3.06. The van der Waals surface area contributed by atoms with Gasteiger partial charge in [0, 0.05) is 22.3 Å². The predicted octanol–water partition coefficient (Wildman–Crippen LogP) is 0.628. The quantitative estimate of drug-likeness (QED) is 0.581. The lowest BCUT2D eigenvalue weighted by Crippen LogP contribution is -2.17. The number of carbonyl (C=O) groups is 1. The molecule has 58 valence electrons. The van der Waals surface area contributed by atoms with Gasteiger partial charge in [-0.25, -0.2) is 0 Å². The van der Waals surface area contributed by atoms with Crippen LogP contribution in [0.15, 0.2) is 24.3 Å². The van der Waals surface area contributed by atoms with Gasteiger partial charge in [-0.3, -0.25) is 4.79 Å². The number of hydrogen-bond donors (Lipinski definition) is 2. The Morgan fingerprint density at radius 3 is 2.73 bits per heavy atom. The zero-order valence-corrected chi connectivity index (χ0v) is 5.79. The molecule has 3 nitrogen and oxygen atoms in total. The van der Waals surface area contributed by atoms with Crippen LogP contribution in [-0.2, 0) is 0 Å². The standard InChI is InChI=1S/C8H10N2O/c1-10-8(11)6-2-4-7(9)5-3-6/h2-5H,9H2,1H3,(H,10,11)/i1D3. The third-order valence-electron chi connectivity index (χ3n) is 1.29. The van der Waals surface area contributed by atoms with Crippen molar-refractivity contribution in [2.75, 3.05) is 12.7 Å². The van der Waals surface area contributed by atoms with E-state index < -0.39 is 12.9 Å². The van der Waals surface area contributed by atoms with Gasteiger partial charge < -0.3 is 11.1 Å². The summed E-state index contributed by atoms with van der Waals surface area (Å²) < 4.78 is 20.5. The first-order valence-electron chi connectivity index (χ1n) is 4.56. The number of rotatable bonds is 1. The van der Waals surface area contributed by atoms with Crippen molar-refractivity contribution >= 4 is 11.6 Å². The molecular weight excluding hydrogens is 140 g/mol. The molecule has 1 aromatic rings. The first-order chi connectivity index (χ1) is 6.38. The summed E-state index contributed by atoms with van der Waals surface area (Å²) in [6.07, 6.45) is 0. The maximum atomic E-state index is 11.3. The number of anilines is 1. The zero-order valence-electron chi connectivity index (χ0n) is 8.79. The number of nitrogen functional groups attached to an aromatic ring is 1. The topological polar surface area (TPSA) is 55.1 Å². The van der Waals surface area contributed by atoms with Crippen molar-refractivity contribution in [3.05, 3.63) is 29.8 Å². The van der Waals surface area contributed by atoms with E-state index in [1.165, 1.54) is 24.3 Å². The third kappa shape index (κ3) is 1.70. The van der Waals surface area contributed by atoms with Crippen LogP contribution >= 0.6 is 0 Å². The molecule has 3 N–H and O–H groups in total. The summed E-state index contributed by atoms with van der Waals surface area (Å²) in [5.41, 5.74) is 6.21. The first kappa shape index (κ1) is 4.38. The molecule has 0 aliphatic carbocycles. The summed E-state index contributed by atoms with van der Waals surface area (Å²) in [6.45, 7) is -2.46. The molecule has 1 rings (SSSR count). The SMILES string of the molecule is [2H]C([2H])([2H])NC(=O)c1ccc(N)cc1. The Balaban J connectivity index is 2.76. The van der Waals surface area contributed by atoms with Gasteiger partial charge in [0.05, 0.1) is 0 Å². The molecule has 0 saturated carbocycles. The number of hydrogen-bond acceptors (Lipinski definition) is 2. The summed E-state index contributed by atoms with van der Waals surface area (Å²) in [4.78, 5) is 11.3. The van der Waals surface area contributed by atoms with E-state index in [0.29, 0.717) is 5.69 Å². The Morgan fingerprint density at radius 2 is 2.18 bits per heavy atom. The van der Waals surface area contributed by atoms with Gasteiger partial charge in [-0.1, -0.05) is 0 Å². The number of nitrogens with two attached hydrogens (primary N) is 1. The number of nitrogens with one attached hydrogen (secondary N) is 1. The highest BCUT2D eigenvalue weighted by atomic mass is 16.1. The normalized spacial score (nSPS) is 14.4. The van der Waals surface area contributed by atoms with Gasteiger partial charge in [-0.2, -0.15) is 0 Å². The summed E-state index contributed by atoms with van der Waals surface area (Å²) in [5.74, 6) is -0.634. The second-order valence-electron chi connectivity index (χ2n) is 2.08. The van der Waals surface area contributed by atoms with Gasteiger partial charge in [0.1, 0.15) is 0 Å². The van der Waals surface area contributed by atoms with Crippen LogP contribution in [0, 0.1) is 0 Å². The molecule has 0 radical (unpaired) electrons. The van der Waals surface area contributed by atoms with E-state index in [0.717, 1.165) is 0 Å². The summed E-state index contributed by atoms with van der Waals surface area (Å²) in [6, 6.07) is 6.01. The smallest absolute Gasteiger partial charge is 0.251 e. The monoisotopic (exact) mass is 153 g/mol. The largest absolute Gasteiger partial charge is 0.399 e. The molecule has 0 spiro atoms. The number of benzene rings is 1. The van der Waals surface area contributed by atoms with Gasteiger partial charge in [-0.15, -0.1) is 0 Å². The molecule has 1 amide bonds. The number of carbonyl (C=O) groups excluding carboxylic acids is 1. The minimum atomic E-state index is -2.46. The lowest BCUT2D eigenvalue weighted by molar-refractivity contribution is 0.0963. The van der Waals surface area contributed by atoms with Crippen LogP contribution in [0.1, 0.15) is 14.5 Å². The Morgan fingerprint density at radius 1 is 1.55 bits per heavy atom. The third-order valence-corrected chi connectivity index (χ3v) is 1.29. The fraction of sp³-hybridized carbons (Fsp3) is 0.125. The van der Waals surface area contributed by atoms with Crippen LogP contribution in [0.4, 0.5) is 5.69 Å². The molecule has 0 fully saturated rings. The van der Waals surface area contributed by atoms with Crippen molar-refractivity contribution < 1.29 is 8.91 Å². The second-order valence-corrected chi connectivity index (χ2v) is 2.08. The Labute approximate surface area is 69.4 Å². The second kappa shape index (κ2) is 3.05. The average Bonchev–Trinajstić information content (AvgIpc) is 2.02. The lowest BCUT2D eigenvalue weighted by atomic mass is 10.2. The molecule has 0 saturated heterocycles. The van der Waals surface area contributed by atoms with Gasteiger partial charge in [0.15, 0.2) is 0 Å². The average molecular weight is 153 g/mol. The summed E-state index contributed by atoms with van der Waals surface area (Å²) in [5, 5.41) is 1.88. The van der Waals surface area contributed by atoms with Crippen LogP contribution in [0.25, 0.3) is 0 Å². The molecule has 0 aliphatic rings. The minimum absolute atomic E-state index is 0.273. The van der Waals surface area contributed by atoms with Gasteiger partial charge in [0.2, 0.25) is 0 Å².